The van der Waals surface area contributed by atoms with Crippen LogP contribution in [0.2, 0.25) is 0 Å². The first-order valence-corrected chi connectivity index (χ1v) is 4.03. The summed E-state index contributed by atoms with van der Waals surface area (Å²) in [7, 11) is 0. The summed E-state index contributed by atoms with van der Waals surface area (Å²) in [6.07, 6.45) is 3.56. The molecule has 2 heteroatoms. The first kappa shape index (κ1) is 9.92. The highest BCUT2D eigenvalue weighted by Gasteiger charge is 1.96. The van der Waals surface area contributed by atoms with Crippen molar-refractivity contribution in [3.8, 4) is 0 Å². The molecule has 0 aromatic carbocycles. The van der Waals surface area contributed by atoms with Gasteiger partial charge in [0, 0.05) is 6.61 Å². The van der Waals surface area contributed by atoms with Gasteiger partial charge in [-0.15, -0.1) is 0 Å². The highest BCUT2D eigenvalue weighted by Crippen LogP contribution is 1.96. The second-order valence-electron chi connectivity index (χ2n) is 2.57. The predicted octanol–water partition coefficient (Wildman–Crippen LogP) is 1.57. The lowest BCUT2D eigenvalue weighted by atomic mass is 10.3. The Morgan fingerprint density at radius 2 is 2.10 bits per heavy atom. The number of unbranched alkanes of at least 4 members (excludes halogenated alkanes) is 2. The van der Waals surface area contributed by atoms with Crippen LogP contribution in [0, 0.1) is 0 Å². The van der Waals surface area contributed by atoms with Crippen LogP contribution in [0.15, 0.2) is 0 Å². The highest BCUT2D eigenvalue weighted by atomic mass is 16.5. The maximum Gasteiger partial charge on any atom is 0.0777 e. The molecule has 1 atom stereocenters. The van der Waals surface area contributed by atoms with Crippen molar-refractivity contribution in [2.24, 2.45) is 0 Å². The number of hydrogen-bond acceptors (Lipinski definition) is 2. The van der Waals surface area contributed by atoms with Crippen LogP contribution in [0.1, 0.15) is 33.1 Å². The average molecular weight is 146 g/mol. The van der Waals surface area contributed by atoms with E-state index < -0.39 is 0 Å². The standard InChI is InChI=1S/C8H18O2/c1-3-4-5-6-10-8(2)7-9/h8-9H,3-7H2,1-2H3/t8-/m0/s1. The van der Waals surface area contributed by atoms with Crippen LogP contribution in [0.4, 0.5) is 0 Å². The first-order chi connectivity index (χ1) is 4.81. The summed E-state index contributed by atoms with van der Waals surface area (Å²) < 4.78 is 5.24. The van der Waals surface area contributed by atoms with E-state index in [9.17, 15) is 0 Å². The molecular formula is C8H18O2. The molecular weight excluding hydrogens is 128 g/mol. The zero-order chi connectivity index (χ0) is 7.82. The van der Waals surface area contributed by atoms with Gasteiger partial charge < -0.3 is 9.84 Å². The second-order valence-corrected chi connectivity index (χ2v) is 2.57. The lowest BCUT2D eigenvalue weighted by Gasteiger charge is -2.08. The summed E-state index contributed by atoms with van der Waals surface area (Å²) in [5, 5.41) is 8.57. The molecule has 0 spiro atoms. The first-order valence-electron chi connectivity index (χ1n) is 4.03. The Kier molecular flexibility index (Phi) is 6.98. The minimum atomic E-state index is 0.0110. The number of aliphatic hydroxyl groups is 1. The summed E-state index contributed by atoms with van der Waals surface area (Å²) in [6, 6.07) is 0. The van der Waals surface area contributed by atoms with Gasteiger partial charge in [-0.2, -0.15) is 0 Å². The third-order valence-electron chi connectivity index (χ3n) is 1.41. The quantitative estimate of drug-likeness (QED) is 0.576. The van der Waals surface area contributed by atoms with E-state index in [4.69, 9.17) is 9.84 Å². The van der Waals surface area contributed by atoms with E-state index in [-0.39, 0.29) is 12.7 Å². The number of ether oxygens (including phenoxy) is 1. The van der Waals surface area contributed by atoms with Crippen LogP contribution in [0.3, 0.4) is 0 Å². The topological polar surface area (TPSA) is 29.5 Å². The summed E-state index contributed by atoms with van der Waals surface area (Å²) in [4.78, 5) is 0. The molecule has 0 fully saturated rings. The van der Waals surface area contributed by atoms with Crippen LogP contribution in [0.25, 0.3) is 0 Å². The third-order valence-corrected chi connectivity index (χ3v) is 1.41. The normalized spacial score (nSPS) is 13.5. The summed E-state index contributed by atoms with van der Waals surface area (Å²) >= 11 is 0. The van der Waals surface area contributed by atoms with Gasteiger partial charge in [0.2, 0.25) is 0 Å². The number of aliphatic hydroxyl groups excluding tert-OH is 1. The molecule has 1 N–H and O–H groups in total. The monoisotopic (exact) mass is 146 g/mol. The van der Waals surface area contributed by atoms with E-state index in [0.717, 1.165) is 13.0 Å². The van der Waals surface area contributed by atoms with Crippen molar-refractivity contribution in [1.29, 1.82) is 0 Å². The fourth-order valence-electron chi connectivity index (χ4n) is 0.689. The van der Waals surface area contributed by atoms with Gasteiger partial charge in [0.15, 0.2) is 0 Å². The molecule has 0 radical (unpaired) electrons. The largest absolute Gasteiger partial charge is 0.394 e. The van der Waals surface area contributed by atoms with Crippen LogP contribution >= 0.6 is 0 Å². The van der Waals surface area contributed by atoms with Crippen molar-refractivity contribution in [3.05, 3.63) is 0 Å². The molecule has 10 heavy (non-hydrogen) atoms. The van der Waals surface area contributed by atoms with Crippen molar-refractivity contribution < 1.29 is 9.84 Å². The van der Waals surface area contributed by atoms with Gasteiger partial charge in [0.05, 0.1) is 12.7 Å². The van der Waals surface area contributed by atoms with Gasteiger partial charge in [-0.25, -0.2) is 0 Å². The fraction of sp³-hybridized carbons (Fsp3) is 1.00. The van der Waals surface area contributed by atoms with Gasteiger partial charge in [0.1, 0.15) is 0 Å². The van der Waals surface area contributed by atoms with Gasteiger partial charge in [0.25, 0.3) is 0 Å². The smallest absolute Gasteiger partial charge is 0.0777 e. The minimum Gasteiger partial charge on any atom is -0.394 e. The van der Waals surface area contributed by atoms with Crippen LogP contribution in [-0.2, 0) is 4.74 Å². The third kappa shape index (κ3) is 6.05. The Labute approximate surface area is 63.2 Å². The Morgan fingerprint density at radius 1 is 1.40 bits per heavy atom. The SMILES string of the molecule is CCCCCO[C@@H](C)CO. The minimum absolute atomic E-state index is 0.0110. The van der Waals surface area contributed by atoms with Gasteiger partial charge in [-0.05, 0) is 13.3 Å². The second kappa shape index (κ2) is 7.03. The van der Waals surface area contributed by atoms with Crippen LogP contribution < -0.4 is 0 Å². The molecule has 0 aromatic heterocycles. The molecule has 2 nitrogen and oxygen atoms in total. The Balaban J connectivity index is 2.89. The van der Waals surface area contributed by atoms with Crippen molar-refractivity contribution in [2.75, 3.05) is 13.2 Å². The highest BCUT2D eigenvalue weighted by molar-refractivity contribution is 4.44. The van der Waals surface area contributed by atoms with Crippen LogP contribution in [-0.4, -0.2) is 24.4 Å². The van der Waals surface area contributed by atoms with Crippen LogP contribution in [0.5, 0.6) is 0 Å². The van der Waals surface area contributed by atoms with Crippen molar-refractivity contribution in [3.63, 3.8) is 0 Å². The van der Waals surface area contributed by atoms with Crippen molar-refractivity contribution in [2.45, 2.75) is 39.2 Å². The summed E-state index contributed by atoms with van der Waals surface area (Å²) in [5.74, 6) is 0. The molecule has 0 aliphatic heterocycles. The predicted molar refractivity (Wildman–Crippen MR) is 42.0 cm³/mol. The molecule has 0 unspecified atom stereocenters. The molecule has 0 aromatic rings. The summed E-state index contributed by atoms with van der Waals surface area (Å²) in [6.45, 7) is 4.96. The van der Waals surface area contributed by atoms with E-state index in [1.165, 1.54) is 12.8 Å². The maximum absolute atomic E-state index is 8.57. The van der Waals surface area contributed by atoms with E-state index in [0.29, 0.717) is 0 Å². The number of rotatable bonds is 6. The van der Waals surface area contributed by atoms with Gasteiger partial charge in [-0.1, -0.05) is 19.8 Å². The molecule has 0 amide bonds. The van der Waals surface area contributed by atoms with Crippen molar-refractivity contribution in [1.82, 2.24) is 0 Å². The van der Waals surface area contributed by atoms with Gasteiger partial charge in [-0.3, -0.25) is 0 Å². The molecule has 0 heterocycles. The van der Waals surface area contributed by atoms with Crippen molar-refractivity contribution >= 4 is 0 Å². The Bertz CT molecular complexity index is 64.3. The van der Waals surface area contributed by atoms with E-state index >= 15 is 0 Å². The molecule has 0 saturated heterocycles. The lowest BCUT2D eigenvalue weighted by molar-refractivity contribution is 0.0232. The Hall–Kier alpha value is -0.0800. The Morgan fingerprint density at radius 3 is 2.60 bits per heavy atom. The fourth-order valence-corrected chi connectivity index (χ4v) is 0.689. The zero-order valence-corrected chi connectivity index (χ0v) is 6.97. The molecule has 0 aliphatic rings. The summed E-state index contributed by atoms with van der Waals surface area (Å²) in [5.41, 5.74) is 0. The molecule has 0 aliphatic carbocycles. The molecule has 0 rings (SSSR count). The zero-order valence-electron chi connectivity index (χ0n) is 6.97. The lowest BCUT2D eigenvalue weighted by Crippen LogP contribution is -2.13. The van der Waals surface area contributed by atoms with E-state index in [1.54, 1.807) is 0 Å². The van der Waals surface area contributed by atoms with Gasteiger partial charge >= 0.3 is 0 Å². The average Bonchev–Trinajstić information content (AvgIpc) is 1.98. The van der Waals surface area contributed by atoms with E-state index in [2.05, 4.69) is 6.92 Å². The number of hydrogen-bond donors (Lipinski definition) is 1. The molecule has 0 bridgehead atoms. The molecule has 62 valence electrons. The molecule has 0 saturated carbocycles. The van der Waals surface area contributed by atoms with E-state index in [1.807, 2.05) is 6.92 Å². The maximum atomic E-state index is 8.57.